The van der Waals surface area contributed by atoms with Crippen LogP contribution in [-0.2, 0) is 23.0 Å². The number of fused-ring (bicyclic) bond motifs is 1. The summed E-state index contributed by atoms with van der Waals surface area (Å²) in [5, 5.41) is 9.13. The van der Waals surface area contributed by atoms with Crippen molar-refractivity contribution >= 4 is 21.6 Å². The summed E-state index contributed by atoms with van der Waals surface area (Å²) < 4.78 is 34.2. The van der Waals surface area contributed by atoms with Crippen molar-refractivity contribution in [1.29, 1.82) is 5.26 Å². The zero-order valence-electron chi connectivity index (χ0n) is 20.6. The van der Waals surface area contributed by atoms with E-state index in [1.54, 1.807) is 54.5 Å². The van der Waals surface area contributed by atoms with Crippen molar-refractivity contribution in [2.24, 2.45) is 0 Å². The van der Waals surface area contributed by atoms with Crippen LogP contribution in [0.3, 0.4) is 0 Å². The molecule has 0 radical (unpaired) electrons. The van der Waals surface area contributed by atoms with Crippen molar-refractivity contribution in [3.63, 3.8) is 0 Å². The van der Waals surface area contributed by atoms with Gasteiger partial charge in [-0.25, -0.2) is 8.42 Å². The van der Waals surface area contributed by atoms with Gasteiger partial charge < -0.3 is 14.5 Å². The van der Waals surface area contributed by atoms with Crippen molar-refractivity contribution in [1.82, 2.24) is 9.21 Å². The fourth-order valence-corrected chi connectivity index (χ4v) is 6.40. The Balaban J connectivity index is 1.33. The average molecular weight is 517 g/mol. The molecular formula is C28H28N4O4S. The highest BCUT2D eigenvalue weighted by Gasteiger charge is 2.30. The molecule has 0 bridgehead atoms. The minimum Gasteiger partial charge on any atom is -0.495 e. The third kappa shape index (κ3) is 4.90. The Labute approximate surface area is 217 Å². The van der Waals surface area contributed by atoms with E-state index in [9.17, 15) is 13.2 Å². The maximum absolute atomic E-state index is 13.6. The van der Waals surface area contributed by atoms with Crippen LogP contribution in [-0.4, -0.2) is 63.4 Å². The number of anilines is 1. The zero-order chi connectivity index (χ0) is 26.0. The molecule has 3 aromatic rings. The van der Waals surface area contributed by atoms with E-state index in [4.69, 9.17) is 10.00 Å². The van der Waals surface area contributed by atoms with Gasteiger partial charge in [-0.1, -0.05) is 30.3 Å². The summed E-state index contributed by atoms with van der Waals surface area (Å²) in [7, 11) is -2.13. The lowest BCUT2D eigenvalue weighted by molar-refractivity contribution is 0.0746. The molecule has 9 heteroatoms. The summed E-state index contributed by atoms with van der Waals surface area (Å²) in [6.07, 6.45) is 0.686. The van der Waals surface area contributed by atoms with Crippen LogP contribution in [0.2, 0.25) is 0 Å². The lowest BCUT2D eigenvalue weighted by atomic mass is 10.0. The van der Waals surface area contributed by atoms with E-state index in [2.05, 4.69) is 17.0 Å². The van der Waals surface area contributed by atoms with Crippen LogP contribution in [0.5, 0.6) is 5.75 Å². The molecule has 37 heavy (non-hydrogen) atoms. The molecule has 2 heterocycles. The first-order valence-corrected chi connectivity index (χ1v) is 13.6. The van der Waals surface area contributed by atoms with E-state index in [-0.39, 0.29) is 10.8 Å². The Morgan fingerprint density at radius 3 is 2.41 bits per heavy atom. The molecule has 0 unspecified atom stereocenters. The second-order valence-corrected chi connectivity index (χ2v) is 11.1. The quantitative estimate of drug-likeness (QED) is 0.517. The van der Waals surface area contributed by atoms with E-state index < -0.39 is 10.0 Å². The second-order valence-electron chi connectivity index (χ2n) is 9.16. The number of amides is 1. The average Bonchev–Trinajstić information content (AvgIpc) is 2.96. The first kappa shape index (κ1) is 24.8. The van der Waals surface area contributed by atoms with Gasteiger partial charge in [-0.15, -0.1) is 0 Å². The maximum Gasteiger partial charge on any atom is 0.254 e. The maximum atomic E-state index is 13.6. The lowest BCUT2D eigenvalue weighted by Gasteiger charge is -2.37. The molecular weight excluding hydrogens is 488 g/mol. The predicted molar refractivity (Wildman–Crippen MR) is 140 cm³/mol. The summed E-state index contributed by atoms with van der Waals surface area (Å²) in [5.41, 5.74) is 3.86. The van der Waals surface area contributed by atoms with E-state index in [1.165, 1.54) is 9.87 Å². The molecule has 0 saturated carbocycles. The van der Waals surface area contributed by atoms with Gasteiger partial charge in [0.25, 0.3) is 5.91 Å². The van der Waals surface area contributed by atoms with Gasteiger partial charge in [0.2, 0.25) is 10.0 Å². The fourth-order valence-electron chi connectivity index (χ4n) is 4.96. The van der Waals surface area contributed by atoms with Crippen LogP contribution in [0.25, 0.3) is 0 Å². The van der Waals surface area contributed by atoms with Gasteiger partial charge >= 0.3 is 0 Å². The molecule has 0 atom stereocenters. The van der Waals surface area contributed by atoms with Gasteiger partial charge in [-0.05, 0) is 53.9 Å². The fraction of sp³-hybridized carbons (Fsp3) is 0.286. The van der Waals surface area contributed by atoms with Gasteiger partial charge in [0.1, 0.15) is 5.75 Å². The van der Waals surface area contributed by atoms with Crippen LogP contribution < -0.4 is 9.64 Å². The molecule has 8 nitrogen and oxygen atoms in total. The van der Waals surface area contributed by atoms with Gasteiger partial charge in [0.05, 0.1) is 29.3 Å². The predicted octanol–water partition coefficient (Wildman–Crippen LogP) is 3.28. The number of carbonyl (C=O) groups excluding carboxylic acids is 1. The number of nitrogens with zero attached hydrogens (tertiary/aromatic N) is 4. The zero-order valence-corrected chi connectivity index (χ0v) is 21.4. The number of methoxy groups -OCH3 is 1. The normalized spacial score (nSPS) is 16.1. The Morgan fingerprint density at radius 1 is 0.919 bits per heavy atom. The molecule has 0 spiro atoms. The summed E-state index contributed by atoms with van der Waals surface area (Å²) >= 11 is 0. The minimum absolute atomic E-state index is 0.120. The summed E-state index contributed by atoms with van der Waals surface area (Å²) in [4.78, 5) is 17.0. The first-order valence-electron chi connectivity index (χ1n) is 12.2. The highest BCUT2D eigenvalue weighted by atomic mass is 32.2. The molecule has 1 saturated heterocycles. The third-order valence-electron chi connectivity index (χ3n) is 7.03. The molecule has 5 rings (SSSR count). The standard InChI is InChI=1S/C28H28N4O4S/c1-36-27-10-9-25(37(34,35)32-12-11-22-6-2-3-7-24(22)20-32)18-26(27)30-13-15-31(16-14-30)28(33)23-8-4-5-21(17-23)19-29/h2-10,17-18H,11-16,20H2,1H3. The van der Waals surface area contributed by atoms with Crippen LogP contribution >= 0.6 is 0 Å². The third-order valence-corrected chi connectivity index (χ3v) is 8.87. The smallest absolute Gasteiger partial charge is 0.254 e. The number of hydrogen-bond acceptors (Lipinski definition) is 6. The van der Waals surface area contributed by atoms with Crippen LogP contribution in [0.15, 0.2) is 71.6 Å². The molecule has 3 aromatic carbocycles. The number of carbonyl (C=O) groups is 1. The SMILES string of the molecule is COc1ccc(S(=O)(=O)N2CCc3ccccc3C2)cc1N1CCN(C(=O)c2cccc(C#N)c2)CC1. The summed E-state index contributed by atoms with van der Waals surface area (Å²) in [6.45, 7) is 2.79. The molecule has 0 aromatic heterocycles. The van der Waals surface area contributed by atoms with Crippen LogP contribution in [0.4, 0.5) is 5.69 Å². The first-order chi connectivity index (χ1) is 17.9. The number of sulfonamides is 1. The Kier molecular flexibility index (Phi) is 6.87. The number of benzene rings is 3. The Bertz CT molecular complexity index is 1470. The number of nitriles is 1. The number of piperazine rings is 1. The van der Waals surface area contributed by atoms with Gasteiger partial charge in [0, 0.05) is 44.8 Å². The Hall–Kier alpha value is -3.87. The van der Waals surface area contributed by atoms with E-state index in [1.807, 2.05) is 18.2 Å². The summed E-state index contributed by atoms with van der Waals surface area (Å²) in [6, 6.07) is 21.7. The van der Waals surface area contributed by atoms with Gasteiger partial charge in [-0.3, -0.25) is 4.79 Å². The lowest BCUT2D eigenvalue weighted by Crippen LogP contribution is -2.49. The van der Waals surface area contributed by atoms with Crippen LogP contribution in [0.1, 0.15) is 27.0 Å². The highest BCUT2D eigenvalue weighted by molar-refractivity contribution is 7.89. The van der Waals surface area contributed by atoms with Gasteiger partial charge in [0.15, 0.2) is 0 Å². The topological polar surface area (TPSA) is 94.0 Å². The van der Waals surface area contributed by atoms with Crippen molar-refractivity contribution in [2.75, 3.05) is 44.7 Å². The number of ether oxygens (including phenoxy) is 1. The highest BCUT2D eigenvalue weighted by Crippen LogP contribution is 2.34. The molecule has 1 amide bonds. The largest absolute Gasteiger partial charge is 0.495 e. The monoisotopic (exact) mass is 516 g/mol. The molecule has 1 fully saturated rings. The van der Waals surface area contributed by atoms with Gasteiger partial charge in [-0.2, -0.15) is 9.57 Å². The molecule has 2 aliphatic rings. The van der Waals surface area contributed by atoms with E-state index >= 15 is 0 Å². The van der Waals surface area contributed by atoms with Crippen molar-refractivity contribution in [3.8, 4) is 11.8 Å². The molecule has 0 aliphatic carbocycles. The number of hydrogen-bond donors (Lipinski definition) is 0. The van der Waals surface area contributed by atoms with Crippen molar-refractivity contribution < 1.29 is 17.9 Å². The molecule has 2 aliphatic heterocycles. The van der Waals surface area contributed by atoms with E-state index in [0.717, 1.165) is 5.56 Å². The molecule has 190 valence electrons. The second kappa shape index (κ2) is 10.2. The van der Waals surface area contributed by atoms with Crippen molar-refractivity contribution in [2.45, 2.75) is 17.9 Å². The number of rotatable bonds is 5. The Morgan fingerprint density at radius 2 is 1.68 bits per heavy atom. The van der Waals surface area contributed by atoms with Crippen LogP contribution in [0, 0.1) is 11.3 Å². The van der Waals surface area contributed by atoms with Crippen molar-refractivity contribution in [3.05, 3.63) is 89.0 Å². The molecule has 0 N–H and O–H groups in total. The van der Waals surface area contributed by atoms with E-state index in [0.29, 0.717) is 68.3 Å². The minimum atomic E-state index is -3.70. The summed E-state index contributed by atoms with van der Waals surface area (Å²) in [5.74, 6) is 0.467.